The van der Waals surface area contributed by atoms with Gasteiger partial charge in [0.1, 0.15) is 23.0 Å². The third kappa shape index (κ3) is 4.93. The molecule has 0 radical (unpaired) electrons. The Hall–Kier alpha value is -3.44. The van der Waals surface area contributed by atoms with Gasteiger partial charge in [0.2, 0.25) is 0 Å². The number of hydrogen-bond donors (Lipinski definition) is 0. The molecule has 3 aromatic rings. The Bertz CT molecular complexity index is 1310. The zero-order chi connectivity index (χ0) is 26.0. The summed E-state index contributed by atoms with van der Waals surface area (Å²) < 4.78 is 7.33. The highest BCUT2D eigenvalue weighted by Crippen LogP contribution is 2.34. The minimum absolute atomic E-state index is 0.112. The lowest BCUT2D eigenvalue weighted by Crippen LogP contribution is -2.58. The Balaban J connectivity index is 1.67. The lowest BCUT2D eigenvalue weighted by atomic mass is 9.96. The lowest BCUT2D eigenvalue weighted by Gasteiger charge is -2.49. The van der Waals surface area contributed by atoms with E-state index in [4.69, 9.17) is 4.74 Å². The number of piperazine rings is 1. The van der Waals surface area contributed by atoms with Crippen LogP contribution in [0.5, 0.6) is 5.75 Å². The standard InChI is InChI=1S/C28H36N6O2/c1-7-22-17-33(27-26-25(32(6)28(35)31-27)14-11-21(15-29)30-26)19(5)16-34(22)24(8-2)20-9-12-23(13-10-20)36-18(3)4/h9-14,18-19,22,24H,7-8,16-17H2,1-6H3/t19?,22-,24?/m1/s1. The van der Waals surface area contributed by atoms with E-state index >= 15 is 0 Å². The smallest absolute Gasteiger partial charge is 0.349 e. The van der Waals surface area contributed by atoms with Crippen molar-refractivity contribution in [1.82, 2.24) is 19.4 Å². The molecule has 36 heavy (non-hydrogen) atoms. The summed E-state index contributed by atoms with van der Waals surface area (Å²) in [5.41, 5.74) is 2.56. The molecule has 0 saturated carbocycles. The first-order valence-electron chi connectivity index (χ1n) is 12.8. The van der Waals surface area contributed by atoms with Crippen molar-refractivity contribution in [1.29, 1.82) is 5.26 Å². The second-order valence-corrected chi connectivity index (χ2v) is 9.87. The van der Waals surface area contributed by atoms with Gasteiger partial charge in [-0.3, -0.25) is 9.47 Å². The van der Waals surface area contributed by atoms with Gasteiger partial charge in [-0.05, 0) is 63.4 Å². The van der Waals surface area contributed by atoms with E-state index in [-0.39, 0.29) is 29.9 Å². The average Bonchev–Trinajstić information content (AvgIpc) is 2.87. The van der Waals surface area contributed by atoms with E-state index in [0.717, 1.165) is 31.7 Å². The highest BCUT2D eigenvalue weighted by Gasteiger charge is 2.36. The van der Waals surface area contributed by atoms with Gasteiger partial charge in [-0.1, -0.05) is 26.0 Å². The van der Waals surface area contributed by atoms with Crippen molar-refractivity contribution < 1.29 is 4.74 Å². The van der Waals surface area contributed by atoms with E-state index in [1.54, 1.807) is 19.2 Å². The molecule has 1 aromatic carbocycles. The maximum Gasteiger partial charge on any atom is 0.349 e. The SMILES string of the molecule is CCC(c1ccc(OC(C)C)cc1)N1CC(C)N(c2nc(=O)n(C)c3ccc(C#N)nc23)C[C@H]1CC. The summed E-state index contributed by atoms with van der Waals surface area (Å²) in [6.45, 7) is 12.2. The van der Waals surface area contributed by atoms with Crippen LogP contribution < -0.4 is 15.3 Å². The van der Waals surface area contributed by atoms with Gasteiger partial charge in [0.25, 0.3) is 0 Å². The first-order chi connectivity index (χ1) is 17.3. The molecule has 190 valence electrons. The Labute approximate surface area is 213 Å². The summed E-state index contributed by atoms with van der Waals surface area (Å²) >= 11 is 0. The number of nitriles is 1. The Morgan fingerprint density at radius 2 is 1.83 bits per heavy atom. The van der Waals surface area contributed by atoms with Crippen LogP contribution in [-0.2, 0) is 7.05 Å². The van der Waals surface area contributed by atoms with Crippen molar-refractivity contribution in [3.63, 3.8) is 0 Å². The molecule has 3 atom stereocenters. The number of aryl methyl sites for hydroxylation is 1. The van der Waals surface area contributed by atoms with Gasteiger partial charge in [0, 0.05) is 38.3 Å². The normalized spacial score (nSPS) is 19.4. The van der Waals surface area contributed by atoms with Crippen LogP contribution in [0.25, 0.3) is 11.0 Å². The Morgan fingerprint density at radius 3 is 2.44 bits per heavy atom. The van der Waals surface area contributed by atoms with Crippen molar-refractivity contribution in [2.45, 2.75) is 71.7 Å². The lowest BCUT2D eigenvalue weighted by molar-refractivity contribution is 0.0939. The molecule has 2 unspecified atom stereocenters. The molecule has 0 amide bonds. The average molecular weight is 489 g/mol. The fourth-order valence-corrected chi connectivity index (χ4v) is 5.28. The summed E-state index contributed by atoms with van der Waals surface area (Å²) in [5.74, 6) is 1.46. The molecular weight excluding hydrogens is 452 g/mol. The van der Waals surface area contributed by atoms with E-state index < -0.39 is 0 Å². The van der Waals surface area contributed by atoms with Crippen LogP contribution in [0.1, 0.15) is 64.8 Å². The fourth-order valence-electron chi connectivity index (χ4n) is 5.28. The monoisotopic (exact) mass is 488 g/mol. The topological polar surface area (TPSA) is 87.3 Å². The molecule has 8 nitrogen and oxygen atoms in total. The number of pyridine rings is 1. The van der Waals surface area contributed by atoms with E-state index in [1.807, 2.05) is 13.8 Å². The molecule has 2 aromatic heterocycles. The van der Waals surface area contributed by atoms with Gasteiger partial charge < -0.3 is 9.64 Å². The van der Waals surface area contributed by atoms with Gasteiger partial charge in [-0.2, -0.15) is 10.2 Å². The summed E-state index contributed by atoms with van der Waals surface area (Å²) in [7, 11) is 1.69. The van der Waals surface area contributed by atoms with Crippen LogP contribution in [-0.4, -0.2) is 50.7 Å². The van der Waals surface area contributed by atoms with E-state index in [1.165, 1.54) is 10.1 Å². The third-order valence-electron chi connectivity index (χ3n) is 7.10. The summed E-state index contributed by atoms with van der Waals surface area (Å²) in [6.07, 6.45) is 2.11. The number of rotatable bonds is 7. The summed E-state index contributed by atoms with van der Waals surface area (Å²) in [6, 6.07) is 14.7. The second-order valence-electron chi connectivity index (χ2n) is 9.87. The zero-order valence-electron chi connectivity index (χ0n) is 22.1. The highest BCUT2D eigenvalue weighted by atomic mass is 16.5. The van der Waals surface area contributed by atoms with Crippen molar-refractivity contribution in [3.8, 4) is 11.8 Å². The van der Waals surface area contributed by atoms with Gasteiger partial charge in [0.15, 0.2) is 5.82 Å². The largest absolute Gasteiger partial charge is 0.491 e. The third-order valence-corrected chi connectivity index (χ3v) is 7.10. The molecule has 4 rings (SSSR count). The molecule has 1 aliphatic rings. The number of anilines is 1. The predicted octanol–water partition coefficient (Wildman–Crippen LogP) is 4.43. The van der Waals surface area contributed by atoms with Crippen molar-refractivity contribution in [3.05, 3.63) is 58.1 Å². The molecular formula is C28H36N6O2. The van der Waals surface area contributed by atoms with E-state index in [0.29, 0.717) is 22.5 Å². The molecule has 0 bridgehead atoms. The highest BCUT2D eigenvalue weighted by molar-refractivity contribution is 5.86. The minimum Gasteiger partial charge on any atom is -0.491 e. The van der Waals surface area contributed by atoms with Crippen molar-refractivity contribution >= 4 is 16.9 Å². The molecule has 8 heteroatoms. The van der Waals surface area contributed by atoms with Crippen LogP contribution in [0.2, 0.25) is 0 Å². The number of fused-ring (bicyclic) bond motifs is 1. The van der Waals surface area contributed by atoms with Gasteiger partial charge >= 0.3 is 5.69 Å². The molecule has 1 aliphatic heterocycles. The zero-order valence-corrected chi connectivity index (χ0v) is 22.1. The summed E-state index contributed by atoms with van der Waals surface area (Å²) in [5, 5.41) is 9.42. The first kappa shape index (κ1) is 25.6. The van der Waals surface area contributed by atoms with Gasteiger partial charge in [-0.15, -0.1) is 0 Å². The van der Waals surface area contributed by atoms with Crippen molar-refractivity contribution in [2.24, 2.45) is 7.05 Å². The molecule has 0 spiro atoms. The van der Waals surface area contributed by atoms with E-state index in [9.17, 15) is 10.1 Å². The fraction of sp³-hybridized carbons (Fsp3) is 0.500. The van der Waals surface area contributed by atoms with Gasteiger partial charge in [-0.25, -0.2) is 9.78 Å². The number of ether oxygens (including phenoxy) is 1. The maximum absolute atomic E-state index is 12.7. The molecule has 3 heterocycles. The Morgan fingerprint density at radius 1 is 1.11 bits per heavy atom. The molecule has 0 N–H and O–H groups in total. The molecule has 1 fully saturated rings. The van der Waals surface area contributed by atoms with Crippen LogP contribution in [0.3, 0.4) is 0 Å². The van der Waals surface area contributed by atoms with Gasteiger partial charge in [0.05, 0.1) is 11.6 Å². The number of benzene rings is 1. The molecule has 0 aliphatic carbocycles. The van der Waals surface area contributed by atoms with Crippen LogP contribution in [0.15, 0.2) is 41.2 Å². The van der Waals surface area contributed by atoms with Crippen LogP contribution >= 0.6 is 0 Å². The summed E-state index contributed by atoms with van der Waals surface area (Å²) in [4.78, 5) is 26.5. The number of aromatic nitrogens is 3. The quantitative estimate of drug-likeness (QED) is 0.486. The van der Waals surface area contributed by atoms with Crippen LogP contribution in [0, 0.1) is 11.3 Å². The number of hydrogen-bond acceptors (Lipinski definition) is 7. The van der Waals surface area contributed by atoms with Crippen LogP contribution in [0.4, 0.5) is 5.82 Å². The predicted molar refractivity (Wildman–Crippen MR) is 142 cm³/mol. The van der Waals surface area contributed by atoms with Crippen molar-refractivity contribution in [2.75, 3.05) is 18.0 Å². The Kier molecular flexibility index (Phi) is 7.60. The molecule has 1 saturated heterocycles. The minimum atomic E-state index is -0.318. The second kappa shape index (κ2) is 10.7. The first-order valence-corrected chi connectivity index (χ1v) is 12.8. The van der Waals surface area contributed by atoms with E-state index in [2.05, 4.69) is 70.9 Å². The maximum atomic E-state index is 12.7. The number of nitrogens with zero attached hydrogens (tertiary/aromatic N) is 6.